The monoisotopic (exact) mass is 291 g/mol. The summed E-state index contributed by atoms with van der Waals surface area (Å²) in [4.78, 5) is 11.5. The molecular formula is C16H21NO4. The van der Waals surface area contributed by atoms with Crippen molar-refractivity contribution in [3.63, 3.8) is 0 Å². The van der Waals surface area contributed by atoms with Crippen molar-refractivity contribution in [1.29, 1.82) is 0 Å². The molecule has 0 aliphatic rings. The van der Waals surface area contributed by atoms with Gasteiger partial charge in [0.05, 0.1) is 19.9 Å². The number of esters is 1. The van der Waals surface area contributed by atoms with E-state index < -0.39 is 0 Å². The minimum atomic E-state index is -0.367. The number of furan rings is 2. The lowest BCUT2D eigenvalue weighted by Crippen LogP contribution is -2.25. The third-order valence-electron chi connectivity index (χ3n) is 3.40. The summed E-state index contributed by atoms with van der Waals surface area (Å²) in [6.07, 6.45) is 3.55. The molecule has 0 aromatic carbocycles. The molecule has 0 aliphatic heterocycles. The SMILES string of the molecule is COC(=O)c1cc(CNC(C)CCc2ccco2)oc1C. The van der Waals surface area contributed by atoms with Crippen LogP contribution in [0.4, 0.5) is 0 Å². The number of carbonyl (C=O) groups is 1. The molecule has 2 rings (SSSR count). The van der Waals surface area contributed by atoms with Gasteiger partial charge in [0.2, 0.25) is 0 Å². The van der Waals surface area contributed by atoms with E-state index in [1.165, 1.54) is 7.11 Å². The number of nitrogens with one attached hydrogen (secondary N) is 1. The van der Waals surface area contributed by atoms with Crippen LogP contribution in [-0.4, -0.2) is 19.1 Å². The maximum atomic E-state index is 11.5. The van der Waals surface area contributed by atoms with Crippen molar-refractivity contribution in [3.8, 4) is 0 Å². The number of ether oxygens (including phenoxy) is 1. The van der Waals surface area contributed by atoms with Crippen LogP contribution in [0.25, 0.3) is 0 Å². The summed E-state index contributed by atoms with van der Waals surface area (Å²) in [6, 6.07) is 5.92. The maximum Gasteiger partial charge on any atom is 0.341 e. The topological polar surface area (TPSA) is 64.6 Å². The predicted molar refractivity (Wildman–Crippen MR) is 78.1 cm³/mol. The Morgan fingerprint density at radius 1 is 1.43 bits per heavy atom. The molecule has 0 aliphatic carbocycles. The molecular weight excluding hydrogens is 270 g/mol. The van der Waals surface area contributed by atoms with Gasteiger partial charge in [-0.1, -0.05) is 0 Å². The lowest BCUT2D eigenvalue weighted by Gasteiger charge is -2.11. The summed E-state index contributed by atoms with van der Waals surface area (Å²) in [5.74, 6) is 1.94. The number of aryl methyl sites for hydroxylation is 2. The van der Waals surface area contributed by atoms with E-state index in [4.69, 9.17) is 13.6 Å². The Hall–Kier alpha value is -2.01. The number of hydrogen-bond donors (Lipinski definition) is 1. The molecule has 2 aromatic rings. The molecule has 0 radical (unpaired) electrons. The fraction of sp³-hybridized carbons (Fsp3) is 0.438. The average molecular weight is 291 g/mol. The molecule has 5 nitrogen and oxygen atoms in total. The molecule has 21 heavy (non-hydrogen) atoms. The highest BCUT2D eigenvalue weighted by atomic mass is 16.5. The Morgan fingerprint density at radius 3 is 2.90 bits per heavy atom. The average Bonchev–Trinajstić information content (AvgIpc) is 3.11. The van der Waals surface area contributed by atoms with Gasteiger partial charge in [0.25, 0.3) is 0 Å². The number of hydrogen-bond acceptors (Lipinski definition) is 5. The van der Waals surface area contributed by atoms with E-state index in [0.717, 1.165) is 24.4 Å². The molecule has 1 N–H and O–H groups in total. The predicted octanol–water partition coefficient (Wildman–Crippen LogP) is 3.08. The largest absolute Gasteiger partial charge is 0.469 e. The van der Waals surface area contributed by atoms with Gasteiger partial charge >= 0.3 is 5.97 Å². The van der Waals surface area contributed by atoms with Crippen LogP contribution in [0.15, 0.2) is 33.3 Å². The van der Waals surface area contributed by atoms with Gasteiger partial charge in [0, 0.05) is 12.5 Å². The standard InChI is InChI=1S/C16H21NO4/c1-11(6-7-13-5-4-8-20-13)17-10-14-9-15(12(2)21-14)16(18)19-3/h4-5,8-9,11,17H,6-7,10H2,1-3H3. The molecule has 2 heterocycles. The first-order chi connectivity index (χ1) is 10.1. The van der Waals surface area contributed by atoms with Gasteiger partial charge in [-0.15, -0.1) is 0 Å². The molecule has 0 amide bonds. The van der Waals surface area contributed by atoms with Crippen molar-refractivity contribution in [2.75, 3.05) is 7.11 Å². The Balaban J connectivity index is 1.81. The van der Waals surface area contributed by atoms with Gasteiger partial charge in [-0.05, 0) is 38.5 Å². The molecule has 0 spiro atoms. The summed E-state index contributed by atoms with van der Waals surface area (Å²) in [7, 11) is 1.36. The first kappa shape index (κ1) is 15.4. The third kappa shape index (κ3) is 4.23. The van der Waals surface area contributed by atoms with Crippen molar-refractivity contribution in [2.45, 2.75) is 39.3 Å². The van der Waals surface area contributed by atoms with Crippen molar-refractivity contribution in [3.05, 3.63) is 47.3 Å². The molecule has 1 unspecified atom stereocenters. The second kappa shape index (κ2) is 7.13. The zero-order chi connectivity index (χ0) is 15.2. The fourth-order valence-electron chi connectivity index (χ4n) is 2.13. The lowest BCUT2D eigenvalue weighted by atomic mass is 10.1. The molecule has 0 fully saturated rings. The van der Waals surface area contributed by atoms with Crippen LogP contribution in [0.1, 0.15) is 41.0 Å². The first-order valence-corrected chi connectivity index (χ1v) is 7.03. The van der Waals surface area contributed by atoms with Crippen LogP contribution in [0, 0.1) is 6.92 Å². The van der Waals surface area contributed by atoms with Crippen LogP contribution >= 0.6 is 0 Å². The second-order valence-corrected chi connectivity index (χ2v) is 5.07. The van der Waals surface area contributed by atoms with Crippen LogP contribution < -0.4 is 5.32 Å². The van der Waals surface area contributed by atoms with Crippen LogP contribution in [0.5, 0.6) is 0 Å². The van der Waals surface area contributed by atoms with E-state index in [1.807, 2.05) is 12.1 Å². The minimum absolute atomic E-state index is 0.321. The smallest absolute Gasteiger partial charge is 0.341 e. The van der Waals surface area contributed by atoms with Crippen LogP contribution in [0.3, 0.4) is 0 Å². The van der Waals surface area contributed by atoms with E-state index in [-0.39, 0.29) is 5.97 Å². The summed E-state index contributed by atoms with van der Waals surface area (Å²) in [5, 5.41) is 3.37. The molecule has 0 saturated heterocycles. The van der Waals surface area contributed by atoms with Crippen molar-refractivity contribution in [1.82, 2.24) is 5.32 Å². The first-order valence-electron chi connectivity index (χ1n) is 7.03. The normalized spacial score (nSPS) is 12.3. The zero-order valence-corrected chi connectivity index (χ0v) is 12.6. The van der Waals surface area contributed by atoms with E-state index in [1.54, 1.807) is 19.3 Å². The minimum Gasteiger partial charge on any atom is -0.469 e. The van der Waals surface area contributed by atoms with E-state index in [0.29, 0.717) is 23.9 Å². The fourth-order valence-corrected chi connectivity index (χ4v) is 2.13. The van der Waals surface area contributed by atoms with Gasteiger partial charge in [-0.2, -0.15) is 0 Å². The second-order valence-electron chi connectivity index (χ2n) is 5.07. The molecule has 5 heteroatoms. The van der Waals surface area contributed by atoms with E-state index in [2.05, 4.69) is 12.2 Å². The number of rotatable bonds is 7. The molecule has 0 bridgehead atoms. The van der Waals surface area contributed by atoms with E-state index >= 15 is 0 Å². The molecule has 1 atom stereocenters. The van der Waals surface area contributed by atoms with Crippen LogP contribution in [-0.2, 0) is 17.7 Å². The van der Waals surface area contributed by atoms with E-state index in [9.17, 15) is 4.79 Å². The summed E-state index contributed by atoms with van der Waals surface area (Å²) < 4.78 is 15.6. The van der Waals surface area contributed by atoms with Crippen molar-refractivity contribution in [2.24, 2.45) is 0 Å². The molecule has 114 valence electrons. The highest BCUT2D eigenvalue weighted by Crippen LogP contribution is 2.16. The third-order valence-corrected chi connectivity index (χ3v) is 3.40. The molecule has 0 saturated carbocycles. The highest BCUT2D eigenvalue weighted by molar-refractivity contribution is 5.90. The Kier molecular flexibility index (Phi) is 5.22. The Labute approximate surface area is 124 Å². The Morgan fingerprint density at radius 2 is 2.24 bits per heavy atom. The maximum absolute atomic E-state index is 11.5. The van der Waals surface area contributed by atoms with Crippen LogP contribution in [0.2, 0.25) is 0 Å². The summed E-state index contributed by atoms with van der Waals surface area (Å²) >= 11 is 0. The molecule has 2 aromatic heterocycles. The quantitative estimate of drug-likeness (QED) is 0.794. The van der Waals surface area contributed by atoms with Gasteiger partial charge in [0.15, 0.2) is 0 Å². The number of methoxy groups -OCH3 is 1. The van der Waals surface area contributed by atoms with Gasteiger partial charge in [-0.25, -0.2) is 4.79 Å². The number of carbonyl (C=O) groups excluding carboxylic acids is 1. The van der Waals surface area contributed by atoms with Crippen molar-refractivity contribution < 1.29 is 18.4 Å². The van der Waals surface area contributed by atoms with Gasteiger partial charge in [0.1, 0.15) is 22.8 Å². The summed E-state index contributed by atoms with van der Waals surface area (Å²) in [5.41, 5.74) is 0.484. The van der Waals surface area contributed by atoms with Gasteiger partial charge in [-0.3, -0.25) is 0 Å². The Bertz CT molecular complexity index is 571. The zero-order valence-electron chi connectivity index (χ0n) is 12.6. The summed E-state index contributed by atoms with van der Waals surface area (Å²) in [6.45, 7) is 4.45. The van der Waals surface area contributed by atoms with Gasteiger partial charge < -0.3 is 18.9 Å². The van der Waals surface area contributed by atoms with Crippen molar-refractivity contribution >= 4 is 5.97 Å². The lowest BCUT2D eigenvalue weighted by molar-refractivity contribution is 0.0599. The highest BCUT2D eigenvalue weighted by Gasteiger charge is 2.15.